The van der Waals surface area contributed by atoms with Crippen LogP contribution in [0.1, 0.15) is 0 Å². The van der Waals surface area contributed by atoms with Gasteiger partial charge in [0, 0.05) is 12.6 Å². The first kappa shape index (κ1) is 10.9. The normalized spacial score (nSPS) is 11.8. The van der Waals surface area contributed by atoms with E-state index in [0.717, 1.165) is 28.6 Å². The molecule has 0 fully saturated rings. The van der Waals surface area contributed by atoms with Crippen LogP contribution in [0, 0.1) is 0 Å². The van der Waals surface area contributed by atoms with Gasteiger partial charge < -0.3 is 20.5 Å². The molecular weight excluding hydrogens is 228 g/mol. The summed E-state index contributed by atoms with van der Waals surface area (Å²) >= 11 is 0. The molecule has 1 aliphatic heterocycles. The molecule has 18 heavy (non-hydrogen) atoms. The fourth-order valence-corrected chi connectivity index (χ4v) is 1.88. The Morgan fingerprint density at radius 2 is 1.89 bits per heavy atom. The molecule has 0 unspecified atom stereocenters. The predicted octanol–water partition coefficient (Wildman–Crippen LogP) is 2.87. The lowest BCUT2D eigenvalue weighted by Gasteiger charge is -2.22. The number of hydrogen-bond donors (Lipinski definition) is 2. The van der Waals surface area contributed by atoms with Gasteiger partial charge in [-0.05, 0) is 24.3 Å². The van der Waals surface area contributed by atoms with Gasteiger partial charge in [-0.3, -0.25) is 0 Å². The molecule has 0 spiro atoms. The Kier molecular flexibility index (Phi) is 2.78. The number of benzene rings is 2. The van der Waals surface area contributed by atoms with E-state index in [9.17, 15) is 0 Å². The van der Waals surface area contributed by atoms with Gasteiger partial charge in [0.15, 0.2) is 11.5 Å². The van der Waals surface area contributed by atoms with Crippen LogP contribution >= 0.6 is 0 Å². The molecule has 3 rings (SSSR count). The highest BCUT2D eigenvalue weighted by Gasteiger charge is 2.16. The maximum Gasteiger partial charge on any atom is 0.151 e. The molecule has 0 saturated heterocycles. The smallest absolute Gasteiger partial charge is 0.151 e. The van der Waals surface area contributed by atoms with Crippen molar-refractivity contribution in [1.29, 1.82) is 0 Å². The average molecular weight is 242 g/mol. The molecule has 0 aromatic heterocycles. The van der Waals surface area contributed by atoms with E-state index in [1.54, 1.807) is 0 Å². The summed E-state index contributed by atoms with van der Waals surface area (Å²) in [4.78, 5) is 0. The summed E-state index contributed by atoms with van der Waals surface area (Å²) in [7, 11) is 0. The van der Waals surface area contributed by atoms with E-state index < -0.39 is 0 Å². The minimum Gasteiger partial charge on any atom is -0.492 e. The SMILES string of the molecule is NCCOc1ccc2c(c1)Nc1ccccc1O2. The second kappa shape index (κ2) is 4.58. The molecule has 0 amide bonds. The van der Waals surface area contributed by atoms with Crippen LogP contribution in [0.2, 0.25) is 0 Å². The number of rotatable bonds is 3. The highest BCUT2D eigenvalue weighted by molar-refractivity contribution is 5.76. The van der Waals surface area contributed by atoms with Gasteiger partial charge in [-0.1, -0.05) is 12.1 Å². The van der Waals surface area contributed by atoms with Crippen LogP contribution in [0.4, 0.5) is 11.4 Å². The van der Waals surface area contributed by atoms with Crippen molar-refractivity contribution in [2.24, 2.45) is 5.73 Å². The summed E-state index contributed by atoms with van der Waals surface area (Å²) in [6.45, 7) is 1.01. The van der Waals surface area contributed by atoms with Gasteiger partial charge in [-0.2, -0.15) is 0 Å². The van der Waals surface area contributed by atoms with Crippen LogP contribution in [-0.4, -0.2) is 13.2 Å². The van der Waals surface area contributed by atoms with Gasteiger partial charge in [0.05, 0.1) is 11.4 Å². The number of anilines is 2. The second-order valence-electron chi connectivity index (χ2n) is 4.02. The lowest BCUT2D eigenvalue weighted by Crippen LogP contribution is -2.11. The Morgan fingerprint density at radius 1 is 1.06 bits per heavy atom. The van der Waals surface area contributed by atoms with E-state index in [0.29, 0.717) is 13.2 Å². The number of ether oxygens (including phenoxy) is 2. The fourth-order valence-electron chi connectivity index (χ4n) is 1.88. The number of para-hydroxylation sites is 2. The molecule has 4 heteroatoms. The molecule has 0 atom stereocenters. The molecule has 92 valence electrons. The third kappa shape index (κ3) is 1.98. The zero-order valence-corrected chi connectivity index (χ0v) is 9.85. The summed E-state index contributed by atoms with van der Waals surface area (Å²) in [5.74, 6) is 2.42. The third-order valence-electron chi connectivity index (χ3n) is 2.71. The van der Waals surface area contributed by atoms with Crippen LogP contribution < -0.4 is 20.5 Å². The van der Waals surface area contributed by atoms with Crippen molar-refractivity contribution in [2.75, 3.05) is 18.5 Å². The fraction of sp³-hybridized carbons (Fsp3) is 0.143. The van der Waals surface area contributed by atoms with Gasteiger partial charge in [-0.15, -0.1) is 0 Å². The van der Waals surface area contributed by atoms with E-state index in [2.05, 4.69) is 5.32 Å². The van der Waals surface area contributed by atoms with Gasteiger partial charge in [0.2, 0.25) is 0 Å². The van der Waals surface area contributed by atoms with Crippen molar-refractivity contribution in [1.82, 2.24) is 0 Å². The second-order valence-corrected chi connectivity index (χ2v) is 4.02. The zero-order valence-electron chi connectivity index (χ0n) is 9.85. The van der Waals surface area contributed by atoms with Crippen molar-refractivity contribution in [2.45, 2.75) is 0 Å². The zero-order chi connectivity index (χ0) is 12.4. The van der Waals surface area contributed by atoms with E-state index in [1.807, 2.05) is 42.5 Å². The Bertz CT molecular complexity index is 569. The monoisotopic (exact) mass is 242 g/mol. The molecule has 0 saturated carbocycles. The van der Waals surface area contributed by atoms with Crippen molar-refractivity contribution in [3.05, 3.63) is 42.5 Å². The van der Waals surface area contributed by atoms with Crippen LogP contribution in [0.5, 0.6) is 17.2 Å². The standard InChI is InChI=1S/C14H14N2O2/c15-7-8-17-10-5-6-14-12(9-10)16-11-3-1-2-4-13(11)18-14/h1-6,9,16H,7-8,15H2. The molecule has 0 aliphatic carbocycles. The first-order valence-electron chi connectivity index (χ1n) is 5.87. The molecule has 1 aliphatic rings. The summed E-state index contributed by atoms with van der Waals surface area (Å²) in [5.41, 5.74) is 7.28. The Labute approximate surface area is 105 Å². The molecule has 2 aromatic rings. The maximum absolute atomic E-state index is 5.79. The van der Waals surface area contributed by atoms with E-state index in [4.69, 9.17) is 15.2 Å². The maximum atomic E-state index is 5.79. The number of nitrogens with two attached hydrogens (primary N) is 1. The van der Waals surface area contributed by atoms with Gasteiger partial charge in [-0.25, -0.2) is 0 Å². The molecular formula is C14H14N2O2. The van der Waals surface area contributed by atoms with Crippen LogP contribution in [0.25, 0.3) is 0 Å². The predicted molar refractivity (Wildman–Crippen MR) is 70.8 cm³/mol. The Balaban J connectivity index is 1.89. The van der Waals surface area contributed by atoms with Gasteiger partial charge in [0.1, 0.15) is 12.4 Å². The summed E-state index contributed by atoms with van der Waals surface area (Å²) in [6.07, 6.45) is 0. The molecule has 2 aromatic carbocycles. The lowest BCUT2D eigenvalue weighted by molar-refractivity contribution is 0.328. The van der Waals surface area contributed by atoms with E-state index >= 15 is 0 Å². The summed E-state index contributed by atoms with van der Waals surface area (Å²) in [5, 5.41) is 3.32. The topological polar surface area (TPSA) is 56.5 Å². The van der Waals surface area contributed by atoms with Crippen molar-refractivity contribution in [3.8, 4) is 17.2 Å². The lowest BCUT2D eigenvalue weighted by atomic mass is 10.2. The van der Waals surface area contributed by atoms with Gasteiger partial charge in [0.25, 0.3) is 0 Å². The summed E-state index contributed by atoms with van der Waals surface area (Å²) < 4.78 is 11.3. The summed E-state index contributed by atoms with van der Waals surface area (Å²) in [6, 6.07) is 13.5. The number of hydrogen-bond acceptors (Lipinski definition) is 4. The van der Waals surface area contributed by atoms with Crippen molar-refractivity contribution in [3.63, 3.8) is 0 Å². The molecule has 0 bridgehead atoms. The quantitative estimate of drug-likeness (QED) is 0.741. The van der Waals surface area contributed by atoms with Crippen molar-refractivity contribution >= 4 is 11.4 Å². The Hall–Kier alpha value is -2.20. The van der Waals surface area contributed by atoms with Gasteiger partial charge >= 0.3 is 0 Å². The molecule has 4 nitrogen and oxygen atoms in total. The number of fused-ring (bicyclic) bond motifs is 2. The van der Waals surface area contributed by atoms with Crippen LogP contribution in [0.3, 0.4) is 0 Å². The minimum atomic E-state index is 0.504. The van der Waals surface area contributed by atoms with Crippen LogP contribution in [0.15, 0.2) is 42.5 Å². The molecule has 0 radical (unpaired) electrons. The van der Waals surface area contributed by atoms with Crippen LogP contribution in [-0.2, 0) is 0 Å². The highest BCUT2D eigenvalue weighted by atomic mass is 16.5. The third-order valence-corrected chi connectivity index (χ3v) is 2.71. The first-order valence-corrected chi connectivity index (χ1v) is 5.87. The number of nitrogens with one attached hydrogen (secondary N) is 1. The van der Waals surface area contributed by atoms with E-state index in [1.165, 1.54) is 0 Å². The molecule has 3 N–H and O–H groups in total. The largest absolute Gasteiger partial charge is 0.492 e. The first-order chi connectivity index (χ1) is 8.86. The molecule has 1 heterocycles. The minimum absolute atomic E-state index is 0.504. The van der Waals surface area contributed by atoms with Crippen molar-refractivity contribution < 1.29 is 9.47 Å². The Morgan fingerprint density at radius 3 is 2.78 bits per heavy atom. The average Bonchev–Trinajstić information content (AvgIpc) is 2.42. The highest BCUT2D eigenvalue weighted by Crippen LogP contribution is 2.42. The van der Waals surface area contributed by atoms with E-state index in [-0.39, 0.29) is 0 Å².